The van der Waals surface area contributed by atoms with Crippen molar-refractivity contribution in [2.45, 2.75) is 11.3 Å². The zero-order chi connectivity index (χ0) is 22.6. The highest BCUT2D eigenvalue weighted by Crippen LogP contribution is 2.47. The van der Waals surface area contributed by atoms with Crippen molar-refractivity contribution in [1.82, 2.24) is 14.9 Å². The molecular formula is C22H16ClFN4O3S. The Morgan fingerprint density at radius 3 is 2.84 bits per heavy atom. The van der Waals surface area contributed by atoms with E-state index in [1.54, 1.807) is 31.6 Å². The molecule has 1 aromatic carbocycles. The fourth-order valence-corrected chi connectivity index (χ4v) is 5.61. The zero-order valence-corrected chi connectivity index (χ0v) is 18.5. The largest absolute Gasteiger partial charge is 0.494 e. The SMILES string of the molecule is COc1cc(C2=CC3C(S2)C(=O)N(c2cncc4cccnc24)C(=O)N3C)c(Cl)cc1F. The molecule has 1 saturated heterocycles. The van der Waals surface area contributed by atoms with Gasteiger partial charge in [-0.1, -0.05) is 11.6 Å². The van der Waals surface area contributed by atoms with Crippen molar-refractivity contribution >= 4 is 56.8 Å². The minimum absolute atomic E-state index is 0.0473. The molecule has 32 heavy (non-hydrogen) atoms. The average Bonchev–Trinajstić information content (AvgIpc) is 3.24. The van der Waals surface area contributed by atoms with E-state index in [0.717, 1.165) is 10.3 Å². The third-order valence-corrected chi connectivity index (χ3v) is 7.19. The van der Waals surface area contributed by atoms with E-state index >= 15 is 0 Å². The van der Waals surface area contributed by atoms with Crippen molar-refractivity contribution in [1.29, 1.82) is 0 Å². The number of halogens is 2. The van der Waals surface area contributed by atoms with Crippen LogP contribution in [-0.4, -0.2) is 52.3 Å². The molecule has 5 rings (SSSR count). The van der Waals surface area contributed by atoms with Crippen LogP contribution < -0.4 is 9.64 Å². The number of ether oxygens (including phenoxy) is 1. The summed E-state index contributed by atoms with van der Waals surface area (Å²) in [6.45, 7) is 0. The molecule has 1 fully saturated rings. The van der Waals surface area contributed by atoms with Gasteiger partial charge in [0.15, 0.2) is 11.6 Å². The second-order valence-corrected chi connectivity index (χ2v) is 8.92. The molecule has 4 heterocycles. The van der Waals surface area contributed by atoms with Crippen molar-refractivity contribution in [3.05, 3.63) is 65.3 Å². The van der Waals surface area contributed by atoms with Crippen LogP contribution in [0.5, 0.6) is 5.75 Å². The van der Waals surface area contributed by atoms with Crippen molar-refractivity contribution in [2.75, 3.05) is 19.1 Å². The number of hydrogen-bond acceptors (Lipinski definition) is 6. The number of aromatic nitrogens is 2. The summed E-state index contributed by atoms with van der Waals surface area (Å²) < 4.78 is 19.1. The molecule has 2 unspecified atom stereocenters. The van der Waals surface area contributed by atoms with Gasteiger partial charge in [-0.2, -0.15) is 0 Å². The second-order valence-electron chi connectivity index (χ2n) is 7.33. The lowest BCUT2D eigenvalue weighted by Gasteiger charge is -2.39. The molecule has 0 N–H and O–H groups in total. The highest BCUT2D eigenvalue weighted by Gasteiger charge is 2.49. The van der Waals surface area contributed by atoms with E-state index in [2.05, 4.69) is 9.97 Å². The summed E-state index contributed by atoms with van der Waals surface area (Å²) in [5.74, 6) is -0.904. The normalized spacial score (nSPS) is 20.6. The van der Waals surface area contributed by atoms with E-state index in [9.17, 15) is 14.0 Å². The second kappa shape index (κ2) is 7.75. The molecule has 3 aromatic rings. The number of methoxy groups -OCH3 is 1. The van der Waals surface area contributed by atoms with E-state index in [1.807, 2.05) is 6.07 Å². The summed E-state index contributed by atoms with van der Waals surface area (Å²) in [5, 5.41) is 0.318. The van der Waals surface area contributed by atoms with E-state index < -0.39 is 23.1 Å². The number of carbonyl (C=O) groups excluding carboxylic acids is 2. The average molecular weight is 471 g/mol. The monoisotopic (exact) mass is 470 g/mol. The third kappa shape index (κ3) is 3.11. The standard InChI is InChI=1S/C22H16ClFN4O3S/c1-27-15-8-18(12-6-17(31-2)14(24)7-13(12)23)32-20(15)21(29)28(22(27)30)16-10-25-9-11-4-3-5-26-19(11)16/h3-10,15,20H,1-2H3. The summed E-state index contributed by atoms with van der Waals surface area (Å²) >= 11 is 7.56. The number of benzene rings is 1. The lowest BCUT2D eigenvalue weighted by molar-refractivity contribution is -0.119. The fourth-order valence-electron chi connectivity index (χ4n) is 3.90. The van der Waals surface area contributed by atoms with Gasteiger partial charge in [-0.25, -0.2) is 14.1 Å². The molecule has 2 aliphatic heterocycles. The number of urea groups is 1. The number of likely N-dealkylation sites (N-methyl/N-ethyl adjacent to an activating group) is 1. The van der Waals surface area contributed by atoms with Gasteiger partial charge in [0.2, 0.25) is 0 Å². The zero-order valence-electron chi connectivity index (χ0n) is 17.0. The number of pyridine rings is 2. The molecule has 7 nitrogen and oxygen atoms in total. The van der Waals surface area contributed by atoms with Crippen LogP contribution in [0.3, 0.4) is 0 Å². The molecule has 2 aliphatic rings. The molecule has 162 valence electrons. The summed E-state index contributed by atoms with van der Waals surface area (Å²) in [7, 11) is 3.00. The van der Waals surface area contributed by atoms with Crippen molar-refractivity contribution in [2.24, 2.45) is 0 Å². The molecule has 3 amide bonds. The Labute approximate surface area is 191 Å². The number of nitrogens with zero attached hydrogens (tertiary/aromatic N) is 4. The predicted octanol–water partition coefficient (Wildman–Crippen LogP) is 4.35. The van der Waals surface area contributed by atoms with E-state index in [-0.39, 0.29) is 16.7 Å². The van der Waals surface area contributed by atoms with Crippen molar-refractivity contribution in [3.8, 4) is 5.75 Å². The topological polar surface area (TPSA) is 75.6 Å². The minimum Gasteiger partial charge on any atom is -0.494 e. The van der Waals surface area contributed by atoms with E-state index in [4.69, 9.17) is 16.3 Å². The molecule has 0 saturated carbocycles. The van der Waals surface area contributed by atoms with Gasteiger partial charge in [-0.3, -0.25) is 14.8 Å². The summed E-state index contributed by atoms with van der Waals surface area (Å²) in [6, 6.07) is 5.30. The number of amides is 3. The number of thioether (sulfide) groups is 1. The molecule has 0 aliphatic carbocycles. The first-order valence-corrected chi connectivity index (χ1v) is 10.9. The Morgan fingerprint density at radius 1 is 1.25 bits per heavy atom. The van der Waals surface area contributed by atoms with Crippen LogP contribution in [0.4, 0.5) is 14.9 Å². The number of rotatable bonds is 3. The maximum Gasteiger partial charge on any atom is 0.331 e. The van der Waals surface area contributed by atoms with Crippen LogP contribution in [0, 0.1) is 5.82 Å². The van der Waals surface area contributed by atoms with Gasteiger partial charge in [-0.15, -0.1) is 11.8 Å². The van der Waals surface area contributed by atoms with Crippen LogP contribution in [0.1, 0.15) is 5.56 Å². The minimum atomic E-state index is -0.598. The third-order valence-electron chi connectivity index (χ3n) is 5.53. The van der Waals surface area contributed by atoms with Crippen LogP contribution in [0.2, 0.25) is 5.02 Å². The lowest BCUT2D eigenvalue weighted by Crippen LogP contribution is -2.60. The number of hydrogen-bond donors (Lipinski definition) is 0. The van der Waals surface area contributed by atoms with Gasteiger partial charge in [0.05, 0.1) is 35.6 Å². The Balaban J connectivity index is 1.55. The molecular weight excluding hydrogens is 455 g/mol. The summed E-state index contributed by atoms with van der Waals surface area (Å²) in [5.41, 5.74) is 1.38. The highest BCUT2D eigenvalue weighted by atomic mass is 35.5. The van der Waals surface area contributed by atoms with Crippen molar-refractivity contribution < 1.29 is 18.7 Å². The molecule has 10 heteroatoms. The van der Waals surface area contributed by atoms with Gasteiger partial charge >= 0.3 is 6.03 Å². The predicted molar refractivity (Wildman–Crippen MR) is 121 cm³/mol. The lowest BCUT2D eigenvalue weighted by atomic mass is 10.1. The number of anilines is 1. The molecule has 2 atom stereocenters. The van der Waals surface area contributed by atoms with Crippen molar-refractivity contribution in [3.63, 3.8) is 0 Å². The summed E-state index contributed by atoms with van der Waals surface area (Å²) in [6.07, 6.45) is 6.51. The maximum atomic E-state index is 14.0. The van der Waals surface area contributed by atoms with Gasteiger partial charge in [0, 0.05) is 35.3 Å². The molecule has 2 aromatic heterocycles. The molecule has 0 radical (unpaired) electrons. The number of carbonyl (C=O) groups is 2. The number of imide groups is 1. The first-order valence-electron chi connectivity index (χ1n) is 9.62. The molecule has 0 bridgehead atoms. The van der Waals surface area contributed by atoms with Crippen LogP contribution >= 0.6 is 23.4 Å². The smallest absolute Gasteiger partial charge is 0.331 e. The number of fused-ring (bicyclic) bond motifs is 2. The molecule has 0 spiro atoms. The van der Waals surface area contributed by atoms with Gasteiger partial charge in [-0.05, 0) is 30.3 Å². The fraction of sp³-hybridized carbons (Fsp3) is 0.182. The van der Waals surface area contributed by atoms with Gasteiger partial charge in [0.25, 0.3) is 5.91 Å². The Kier molecular flexibility index (Phi) is 5.02. The van der Waals surface area contributed by atoms with Crippen LogP contribution in [0.25, 0.3) is 15.8 Å². The van der Waals surface area contributed by atoms with Gasteiger partial charge in [0.1, 0.15) is 5.25 Å². The van der Waals surface area contributed by atoms with E-state index in [0.29, 0.717) is 21.7 Å². The maximum absolute atomic E-state index is 14.0. The first kappa shape index (κ1) is 20.7. The first-order chi connectivity index (χ1) is 15.4. The van der Waals surface area contributed by atoms with Crippen LogP contribution in [-0.2, 0) is 4.79 Å². The summed E-state index contributed by atoms with van der Waals surface area (Å²) in [4.78, 5) is 38.5. The van der Waals surface area contributed by atoms with E-state index in [1.165, 1.54) is 42.1 Å². The quantitative estimate of drug-likeness (QED) is 0.566. The Morgan fingerprint density at radius 2 is 2.06 bits per heavy atom. The Hall–Kier alpha value is -3.17. The highest BCUT2D eigenvalue weighted by molar-refractivity contribution is 8.09. The Bertz CT molecular complexity index is 1310. The van der Waals surface area contributed by atoms with Gasteiger partial charge < -0.3 is 9.64 Å². The van der Waals surface area contributed by atoms with Crippen LogP contribution in [0.15, 0.2) is 48.9 Å².